The minimum absolute atomic E-state index is 0.0293. The van der Waals surface area contributed by atoms with Gasteiger partial charge in [0.2, 0.25) is 0 Å². The number of hydrogen-bond donors (Lipinski definition) is 1. The van der Waals surface area contributed by atoms with E-state index in [4.69, 9.17) is 9.47 Å². The van der Waals surface area contributed by atoms with E-state index in [2.05, 4.69) is 44.9 Å². The predicted molar refractivity (Wildman–Crippen MR) is 91.1 cm³/mol. The Morgan fingerprint density at radius 1 is 1.38 bits per heavy atom. The number of hydrogen-bond acceptors (Lipinski definition) is 4. The number of likely N-dealkylation sites (N-methyl/N-ethyl adjacent to an activating group) is 1. The van der Waals surface area contributed by atoms with Gasteiger partial charge >= 0.3 is 0 Å². The first-order valence-corrected chi connectivity index (χ1v) is 9.83. The first-order valence-electron chi connectivity index (χ1n) is 8.68. The van der Waals surface area contributed by atoms with Crippen molar-refractivity contribution in [3.8, 4) is 0 Å². The molecule has 124 valence electrons. The van der Waals surface area contributed by atoms with Crippen molar-refractivity contribution in [2.45, 2.75) is 70.1 Å². The van der Waals surface area contributed by atoms with Crippen LogP contribution in [0.2, 0.25) is 0 Å². The Morgan fingerprint density at radius 3 is 2.67 bits per heavy atom. The van der Waals surface area contributed by atoms with E-state index in [0.717, 1.165) is 32.5 Å². The molecule has 4 heteroatoms. The van der Waals surface area contributed by atoms with Crippen molar-refractivity contribution in [2.24, 2.45) is 5.92 Å². The number of thioether (sulfide) groups is 1. The van der Waals surface area contributed by atoms with Gasteiger partial charge in [-0.05, 0) is 57.7 Å². The largest absolute Gasteiger partial charge is 0.374 e. The molecule has 0 amide bonds. The molecule has 0 radical (unpaired) electrons. The van der Waals surface area contributed by atoms with Gasteiger partial charge in [-0.2, -0.15) is 11.8 Å². The minimum atomic E-state index is -0.0293. The summed E-state index contributed by atoms with van der Waals surface area (Å²) in [5, 5.41) is 3.62. The Bertz CT molecular complexity index is 314. The summed E-state index contributed by atoms with van der Waals surface area (Å²) in [6.07, 6.45) is 5.72. The second-order valence-electron chi connectivity index (χ2n) is 6.56. The second-order valence-corrected chi connectivity index (χ2v) is 7.66. The summed E-state index contributed by atoms with van der Waals surface area (Å²) in [5.41, 5.74) is 0.126. The molecule has 1 N–H and O–H groups in total. The molecule has 3 unspecified atom stereocenters. The molecule has 0 aromatic rings. The molecule has 2 fully saturated rings. The zero-order chi connectivity index (χ0) is 15.3. The van der Waals surface area contributed by atoms with Gasteiger partial charge in [-0.15, -0.1) is 0 Å². The van der Waals surface area contributed by atoms with E-state index >= 15 is 0 Å². The van der Waals surface area contributed by atoms with Gasteiger partial charge in [0.25, 0.3) is 0 Å². The number of rotatable bonds is 7. The Hall–Kier alpha value is 0.230. The topological polar surface area (TPSA) is 30.5 Å². The van der Waals surface area contributed by atoms with Crippen LogP contribution in [0.25, 0.3) is 0 Å². The number of ether oxygens (including phenoxy) is 2. The summed E-state index contributed by atoms with van der Waals surface area (Å²) in [6, 6.07) is 0.429. The number of nitrogens with one attached hydrogen (secondary N) is 1. The molecule has 2 aliphatic rings. The lowest BCUT2D eigenvalue weighted by Gasteiger charge is -2.48. The van der Waals surface area contributed by atoms with Crippen LogP contribution in [0.5, 0.6) is 0 Å². The second kappa shape index (κ2) is 7.67. The lowest BCUT2D eigenvalue weighted by Crippen LogP contribution is -2.58. The third-order valence-corrected chi connectivity index (χ3v) is 6.80. The maximum atomic E-state index is 6.28. The van der Waals surface area contributed by atoms with E-state index in [-0.39, 0.29) is 11.2 Å². The maximum Gasteiger partial charge on any atom is 0.0831 e. The highest BCUT2D eigenvalue weighted by Crippen LogP contribution is 2.44. The highest BCUT2D eigenvalue weighted by atomic mass is 32.2. The zero-order valence-electron chi connectivity index (χ0n) is 14.2. The van der Waals surface area contributed by atoms with Crippen LogP contribution in [0.15, 0.2) is 0 Å². The molecule has 3 nitrogen and oxygen atoms in total. The first kappa shape index (κ1) is 17.6. The Balaban J connectivity index is 2.14. The fourth-order valence-electron chi connectivity index (χ4n) is 4.41. The highest BCUT2D eigenvalue weighted by Gasteiger charge is 2.47. The fraction of sp³-hybridized carbons (Fsp3) is 1.00. The normalized spacial score (nSPS) is 31.7. The van der Waals surface area contributed by atoms with Crippen molar-refractivity contribution < 1.29 is 9.47 Å². The van der Waals surface area contributed by atoms with E-state index in [1.807, 2.05) is 0 Å². The van der Waals surface area contributed by atoms with E-state index in [9.17, 15) is 0 Å². The van der Waals surface area contributed by atoms with Gasteiger partial charge in [0.05, 0.1) is 11.2 Å². The summed E-state index contributed by atoms with van der Waals surface area (Å²) in [4.78, 5) is 0. The average molecular weight is 316 g/mol. The lowest BCUT2D eigenvalue weighted by molar-refractivity contribution is -0.126. The Labute approximate surface area is 134 Å². The van der Waals surface area contributed by atoms with E-state index in [1.165, 1.54) is 24.3 Å². The SMILES string of the molecule is CCOC(CC)(CC)C(NC)C1CCOC2(CCSC2)C1. The molecule has 3 atom stereocenters. The van der Waals surface area contributed by atoms with Gasteiger partial charge in [0.15, 0.2) is 0 Å². The minimum Gasteiger partial charge on any atom is -0.374 e. The van der Waals surface area contributed by atoms with Gasteiger partial charge in [-0.3, -0.25) is 0 Å². The molecular weight excluding hydrogens is 282 g/mol. The monoisotopic (exact) mass is 315 g/mol. The molecular formula is C17H33NO2S. The maximum absolute atomic E-state index is 6.28. The molecule has 0 bridgehead atoms. The van der Waals surface area contributed by atoms with Gasteiger partial charge < -0.3 is 14.8 Å². The van der Waals surface area contributed by atoms with Gasteiger partial charge in [0, 0.05) is 25.0 Å². The van der Waals surface area contributed by atoms with Crippen LogP contribution in [0.1, 0.15) is 52.9 Å². The Kier molecular flexibility index (Phi) is 6.42. The molecule has 2 heterocycles. The summed E-state index contributed by atoms with van der Waals surface area (Å²) in [5.74, 6) is 3.10. The highest BCUT2D eigenvalue weighted by molar-refractivity contribution is 7.99. The molecule has 2 rings (SSSR count). The van der Waals surface area contributed by atoms with Crippen LogP contribution in [-0.4, -0.2) is 49.0 Å². The summed E-state index contributed by atoms with van der Waals surface area (Å²) >= 11 is 2.05. The molecule has 21 heavy (non-hydrogen) atoms. The van der Waals surface area contributed by atoms with Crippen LogP contribution in [0, 0.1) is 5.92 Å². The Morgan fingerprint density at radius 2 is 2.14 bits per heavy atom. The van der Waals surface area contributed by atoms with Crippen molar-refractivity contribution in [1.82, 2.24) is 5.32 Å². The fourth-order valence-corrected chi connectivity index (χ4v) is 5.79. The molecule has 0 aliphatic carbocycles. The van der Waals surface area contributed by atoms with Crippen LogP contribution in [0.4, 0.5) is 0 Å². The molecule has 2 aliphatic heterocycles. The predicted octanol–water partition coefficient (Wildman–Crippen LogP) is 3.47. The third kappa shape index (κ3) is 3.60. The van der Waals surface area contributed by atoms with Crippen molar-refractivity contribution in [3.05, 3.63) is 0 Å². The lowest BCUT2D eigenvalue weighted by atomic mass is 9.73. The smallest absolute Gasteiger partial charge is 0.0831 e. The van der Waals surface area contributed by atoms with Gasteiger partial charge in [-0.25, -0.2) is 0 Å². The standard InChI is InChI=1S/C17H33NO2S/c1-5-17(6-2,19-7-3)15(18-4)14-8-10-20-16(12-14)9-11-21-13-16/h14-15,18H,5-13H2,1-4H3. The van der Waals surface area contributed by atoms with Gasteiger partial charge in [0.1, 0.15) is 0 Å². The van der Waals surface area contributed by atoms with Crippen LogP contribution >= 0.6 is 11.8 Å². The van der Waals surface area contributed by atoms with Crippen molar-refractivity contribution in [1.29, 1.82) is 0 Å². The van der Waals surface area contributed by atoms with Crippen LogP contribution < -0.4 is 5.32 Å². The van der Waals surface area contributed by atoms with E-state index in [0.29, 0.717) is 12.0 Å². The molecule has 0 aromatic carbocycles. The summed E-state index contributed by atoms with van der Waals surface area (Å²) < 4.78 is 12.5. The van der Waals surface area contributed by atoms with Crippen LogP contribution in [-0.2, 0) is 9.47 Å². The van der Waals surface area contributed by atoms with E-state index in [1.54, 1.807) is 0 Å². The third-order valence-electron chi connectivity index (χ3n) is 5.58. The molecule has 2 saturated heterocycles. The first-order chi connectivity index (χ1) is 10.2. The van der Waals surface area contributed by atoms with Gasteiger partial charge in [-0.1, -0.05) is 13.8 Å². The summed E-state index contributed by atoms with van der Waals surface area (Å²) in [7, 11) is 2.11. The van der Waals surface area contributed by atoms with E-state index < -0.39 is 0 Å². The van der Waals surface area contributed by atoms with Crippen molar-refractivity contribution in [3.63, 3.8) is 0 Å². The quantitative estimate of drug-likeness (QED) is 0.779. The molecule has 0 aromatic heterocycles. The van der Waals surface area contributed by atoms with Crippen molar-refractivity contribution in [2.75, 3.05) is 31.8 Å². The average Bonchev–Trinajstić information content (AvgIpc) is 2.95. The zero-order valence-corrected chi connectivity index (χ0v) is 15.1. The van der Waals surface area contributed by atoms with Crippen LogP contribution in [0.3, 0.4) is 0 Å². The molecule has 1 spiro atoms. The summed E-state index contributed by atoms with van der Waals surface area (Å²) in [6.45, 7) is 8.36. The molecule has 0 saturated carbocycles. The van der Waals surface area contributed by atoms with Crippen molar-refractivity contribution >= 4 is 11.8 Å².